The van der Waals surface area contributed by atoms with Gasteiger partial charge in [-0.1, -0.05) is 29.8 Å². The van der Waals surface area contributed by atoms with E-state index in [0.717, 1.165) is 18.7 Å². The van der Waals surface area contributed by atoms with Crippen LogP contribution in [0.3, 0.4) is 0 Å². The highest BCUT2D eigenvalue weighted by Crippen LogP contribution is 2.24. The molecule has 2 amide bonds. The second kappa shape index (κ2) is 8.30. The van der Waals surface area contributed by atoms with Crippen molar-refractivity contribution in [3.63, 3.8) is 0 Å². The maximum atomic E-state index is 13.1. The summed E-state index contributed by atoms with van der Waals surface area (Å²) in [5.74, 6) is -0.129. The molecule has 0 aliphatic carbocycles. The summed E-state index contributed by atoms with van der Waals surface area (Å²) in [4.78, 5) is 29.7. The molecule has 30 heavy (non-hydrogen) atoms. The number of aryl methyl sites for hydroxylation is 3. The van der Waals surface area contributed by atoms with Crippen LogP contribution in [-0.4, -0.2) is 48.6 Å². The van der Waals surface area contributed by atoms with Crippen LogP contribution in [0.1, 0.15) is 29.5 Å². The smallest absolute Gasteiger partial charge is 0.270 e. The van der Waals surface area contributed by atoms with E-state index in [4.69, 9.17) is 0 Å². The Bertz CT molecular complexity index is 989. The third-order valence-electron chi connectivity index (χ3n) is 5.83. The van der Waals surface area contributed by atoms with Crippen molar-refractivity contribution in [2.75, 3.05) is 36.1 Å². The minimum absolute atomic E-state index is 0.0553. The molecular formula is C24H28N4O2. The lowest BCUT2D eigenvalue weighted by Gasteiger charge is -2.37. The van der Waals surface area contributed by atoms with Gasteiger partial charge < -0.3 is 9.80 Å². The molecule has 2 aromatic rings. The van der Waals surface area contributed by atoms with Crippen LogP contribution < -0.4 is 9.91 Å². The monoisotopic (exact) mass is 404 g/mol. The van der Waals surface area contributed by atoms with Gasteiger partial charge in [0.1, 0.15) is 5.71 Å². The molecule has 0 unspecified atom stereocenters. The standard InChI is InChI=1S/C24H28N4O2/c1-17-5-8-20(9-6-17)28-23(29)11-10-21(25-28)24(30)27-14-12-26(13-15-27)22-16-18(2)4-7-19(22)3/h4-9,16H,10-15H2,1-3H3. The Balaban J connectivity index is 1.46. The van der Waals surface area contributed by atoms with Gasteiger partial charge in [0.2, 0.25) is 5.91 Å². The van der Waals surface area contributed by atoms with Crippen molar-refractivity contribution in [1.82, 2.24) is 4.90 Å². The fourth-order valence-electron chi connectivity index (χ4n) is 3.99. The molecule has 4 rings (SSSR count). The van der Waals surface area contributed by atoms with Crippen molar-refractivity contribution < 1.29 is 9.59 Å². The van der Waals surface area contributed by atoms with Gasteiger partial charge in [0, 0.05) is 44.7 Å². The van der Waals surface area contributed by atoms with E-state index in [-0.39, 0.29) is 11.8 Å². The summed E-state index contributed by atoms with van der Waals surface area (Å²) >= 11 is 0. The van der Waals surface area contributed by atoms with E-state index in [1.54, 1.807) is 0 Å². The van der Waals surface area contributed by atoms with E-state index >= 15 is 0 Å². The van der Waals surface area contributed by atoms with Gasteiger partial charge in [-0.3, -0.25) is 9.59 Å². The van der Waals surface area contributed by atoms with Crippen molar-refractivity contribution >= 4 is 28.9 Å². The number of hydrazone groups is 1. The Morgan fingerprint density at radius 2 is 1.53 bits per heavy atom. The number of carbonyl (C=O) groups excluding carboxylic acids is 2. The number of hydrogen-bond donors (Lipinski definition) is 0. The molecule has 156 valence electrons. The molecule has 0 radical (unpaired) electrons. The van der Waals surface area contributed by atoms with Gasteiger partial charge in [-0.05, 0) is 50.1 Å². The van der Waals surface area contributed by atoms with E-state index in [0.29, 0.717) is 37.3 Å². The van der Waals surface area contributed by atoms with Crippen LogP contribution in [0.25, 0.3) is 0 Å². The molecule has 0 spiro atoms. The first kappa shape index (κ1) is 20.1. The molecule has 0 saturated carbocycles. The average molecular weight is 405 g/mol. The summed E-state index contributed by atoms with van der Waals surface area (Å²) in [5.41, 5.74) is 6.03. The number of nitrogens with zero attached hydrogens (tertiary/aromatic N) is 4. The lowest BCUT2D eigenvalue weighted by molar-refractivity contribution is -0.124. The first-order valence-electron chi connectivity index (χ1n) is 10.5. The molecule has 6 nitrogen and oxygen atoms in total. The van der Waals surface area contributed by atoms with Crippen LogP contribution >= 0.6 is 0 Å². The first-order chi connectivity index (χ1) is 14.4. The van der Waals surface area contributed by atoms with E-state index < -0.39 is 0 Å². The molecule has 2 heterocycles. The Morgan fingerprint density at radius 3 is 2.23 bits per heavy atom. The normalized spacial score (nSPS) is 17.2. The van der Waals surface area contributed by atoms with Crippen molar-refractivity contribution in [3.8, 4) is 0 Å². The second-order valence-corrected chi connectivity index (χ2v) is 8.16. The van der Waals surface area contributed by atoms with Gasteiger partial charge in [-0.15, -0.1) is 0 Å². The summed E-state index contributed by atoms with van der Waals surface area (Å²) in [5, 5.41) is 5.81. The van der Waals surface area contributed by atoms with Crippen LogP contribution in [0.4, 0.5) is 11.4 Å². The molecular weight excluding hydrogens is 376 g/mol. The number of hydrogen-bond acceptors (Lipinski definition) is 4. The summed E-state index contributed by atoms with van der Waals surface area (Å²) < 4.78 is 0. The molecule has 2 aromatic carbocycles. The maximum Gasteiger partial charge on any atom is 0.270 e. The van der Waals surface area contributed by atoms with Gasteiger partial charge in [0.25, 0.3) is 5.91 Å². The number of amides is 2. The molecule has 0 bridgehead atoms. The fourth-order valence-corrected chi connectivity index (χ4v) is 3.99. The lowest BCUT2D eigenvalue weighted by Crippen LogP contribution is -2.51. The highest BCUT2D eigenvalue weighted by Gasteiger charge is 2.30. The highest BCUT2D eigenvalue weighted by atomic mass is 16.2. The van der Waals surface area contributed by atoms with Crippen LogP contribution in [0.5, 0.6) is 0 Å². The van der Waals surface area contributed by atoms with E-state index in [9.17, 15) is 9.59 Å². The largest absolute Gasteiger partial charge is 0.368 e. The van der Waals surface area contributed by atoms with Crippen LogP contribution in [0.15, 0.2) is 47.6 Å². The van der Waals surface area contributed by atoms with Gasteiger partial charge >= 0.3 is 0 Å². The molecule has 0 atom stereocenters. The van der Waals surface area contributed by atoms with Gasteiger partial charge in [0.05, 0.1) is 5.69 Å². The predicted molar refractivity (Wildman–Crippen MR) is 120 cm³/mol. The second-order valence-electron chi connectivity index (χ2n) is 8.16. The average Bonchev–Trinajstić information content (AvgIpc) is 2.76. The van der Waals surface area contributed by atoms with Gasteiger partial charge in [-0.2, -0.15) is 5.10 Å². The number of piperazine rings is 1. The molecule has 1 fully saturated rings. The Hall–Kier alpha value is -3.15. The first-order valence-corrected chi connectivity index (χ1v) is 10.5. The molecule has 0 N–H and O–H groups in total. The summed E-state index contributed by atoms with van der Waals surface area (Å²) in [6.45, 7) is 9.13. The third kappa shape index (κ3) is 4.08. The van der Waals surface area contributed by atoms with E-state index in [2.05, 4.69) is 42.0 Å². The number of rotatable bonds is 3. The summed E-state index contributed by atoms with van der Waals surface area (Å²) in [7, 11) is 0. The SMILES string of the molecule is Cc1ccc(N2N=C(C(=O)N3CCN(c4cc(C)ccc4C)CC3)CCC2=O)cc1. The van der Waals surface area contributed by atoms with E-state index in [1.807, 2.05) is 36.1 Å². The van der Waals surface area contributed by atoms with Crippen LogP contribution in [0.2, 0.25) is 0 Å². The van der Waals surface area contributed by atoms with Crippen LogP contribution in [0, 0.1) is 20.8 Å². The summed E-state index contributed by atoms with van der Waals surface area (Å²) in [6.07, 6.45) is 0.706. The maximum absolute atomic E-state index is 13.1. The van der Waals surface area contributed by atoms with Gasteiger partial charge in [0.15, 0.2) is 0 Å². The fraction of sp³-hybridized carbons (Fsp3) is 0.375. The Kier molecular flexibility index (Phi) is 5.57. The molecule has 2 aliphatic heterocycles. The van der Waals surface area contributed by atoms with Gasteiger partial charge in [-0.25, -0.2) is 5.01 Å². The summed E-state index contributed by atoms with van der Waals surface area (Å²) in [6, 6.07) is 14.1. The molecule has 2 aliphatic rings. The van der Waals surface area contributed by atoms with Crippen molar-refractivity contribution in [3.05, 3.63) is 59.2 Å². The topological polar surface area (TPSA) is 56.2 Å². The molecule has 6 heteroatoms. The third-order valence-corrected chi connectivity index (χ3v) is 5.83. The zero-order valence-corrected chi connectivity index (χ0v) is 17.9. The quantitative estimate of drug-likeness (QED) is 0.787. The zero-order chi connectivity index (χ0) is 21.3. The predicted octanol–water partition coefficient (Wildman–Crippen LogP) is 3.44. The number of carbonyl (C=O) groups is 2. The van der Waals surface area contributed by atoms with Crippen molar-refractivity contribution in [2.24, 2.45) is 5.10 Å². The molecule has 0 aromatic heterocycles. The number of anilines is 2. The zero-order valence-electron chi connectivity index (χ0n) is 17.9. The highest BCUT2D eigenvalue weighted by molar-refractivity contribution is 6.40. The van der Waals surface area contributed by atoms with Crippen molar-refractivity contribution in [2.45, 2.75) is 33.6 Å². The Labute approximate surface area is 177 Å². The van der Waals surface area contributed by atoms with Crippen molar-refractivity contribution in [1.29, 1.82) is 0 Å². The molecule has 1 saturated heterocycles. The van der Waals surface area contributed by atoms with E-state index in [1.165, 1.54) is 21.8 Å². The minimum atomic E-state index is -0.0739. The lowest BCUT2D eigenvalue weighted by atomic mass is 10.1. The van der Waals surface area contributed by atoms with Crippen LogP contribution in [-0.2, 0) is 9.59 Å². The minimum Gasteiger partial charge on any atom is -0.368 e. The Morgan fingerprint density at radius 1 is 0.867 bits per heavy atom. The number of benzene rings is 2.